The molecule has 29 heavy (non-hydrogen) atoms. The van der Waals surface area contributed by atoms with Crippen LogP contribution in [0.3, 0.4) is 0 Å². The molecule has 0 unspecified atom stereocenters. The molecular weight excluding hydrogens is 372 g/mol. The van der Waals surface area contributed by atoms with Gasteiger partial charge in [-0.2, -0.15) is 0 Å². The first-order chi connectivity index (χ1) is 14.1. The topological polar surface area (TPSA) is 18.5 Å². The molecule has 0 aliphatic heterocycles. The van der Waals surface area contributed by atoms with E-state index in [1.54, 1.807) is 7.11 Å². The van der Waals surface area contributed by atoms with E-state index >= 15 is 0 Å². The Morgan fingerprint density at radius 2 is 0.724 bits per heavy atom. The number of hydrogen-bond acceptors (Lipinski definition) is 2. The highest BCUT2D eigenvalue weighted by molar-refractivity contribution is 6.64. The quantitative estimate of drug-likeness (QED) is 0.112. The third-order valence-corrected chi connectivity index (χ3v) is 8.07. The van der Waals surface area contributed by atoms with Crippen LogP contribution in [-0.4, -0.2) is 22.3 Å². The van der Waals surface area contributed by atoms with Crippen molar-refractivity contribution in [2.45, 2.75) is 155 Å². The molecule has 0 radical (unpaired) electrons. The van der Waals surface area contributed by atoms with Gasteiger partial charge in [-0.15, -0.1) is 0 Å². The molecule has 0 saturated heterocycles. The molecule has 0 aromatic rings. The van der Waals surface area contributed by atoms with E-state index in [1.165, 1.54) is 135 Å². The first-order valence-electron chi connectivity index (χ1n) is 13.3. The van der Waals surface area contributed by atoms with Gasteiger partial charge in [0.2, 0.25) is 0 Å². The second-order valence-corrected chi connectivity index (χ2v) is 13.0. The van der Waals surface area contributed by atoms with Gasteiger partial charge in [0.1, 0.15) is 0 Å². The van der Waals surface area contributed by atoms with Crippen LogP contribution in [0.4, 0.5) is 0 Å². The molecule has 0 aromatic carbocycles. The molecule has 0 N–H and O–H groups in total. The Morgan fingerprint density at radius 3 is 1.00 bits per heavy atom. The molecule has 0 amide bonds. The zero-order valence-corrected chi connectivity index (χ0v) is 21.9. The van der Waals surface area contributed by atoms with E-state index in [1.807, 2.05) is 0 Å². The van der Waals surface area contributed by atoms with Gasteiger partial charge < -0.3 is 8.85 Å². The van der Waals surface area contributed by atoms with Crippen molar-refractivity contribution < 1.29 is 8.85 Å². The van der Waals surface area contributed by atoms with Crippen LogP contribution in [0.2, 0.25) is 13.1 Å². The molecule has 0 heterocycles. The van der Waals surface area contributed by atoms with Crippen molar-refractivity contribution in [3.63, 3.8) is 0 Å². The van der Waals surface area contributed by atoms with E-state index in [9.17, 15) is 0 Å². The van der Waals surface area contributed by atoms with Crippen molar-refractivity contribution in [3.8, 4) is 0 Å². The molecule has 176 valence electrons. The molecule has 0 aliphatic carbocycles. The third kappa shape index (κ3) is 24.3. The van der Waals surface area contributed by atoms with Gasteiger partial charge in [0, 0.05) is 13.7 Å². The SMILES string of the molecule is CCCCCCCCCCCCCCCCCCCCCCCO[Si](C)(C)OC. The summed E-state index contributed by atoms with van der Waals surface area (Å²) in [6.45, 7) is 7.41. The summed E-state index contributed by atoms with van der Waals surface area (Å²) in [5, 5.41) is 0. The second-order valence-electron chi connectivity index (χ2n) is 9.52. The molecule has 0 atom stereocenters. The Bertz CT molecular complexity index is 307. The number of rotatable bonds is 24. The van der Waals surface area contributed by atoms with E-state index in [2.05, 4.69) is 20.0 Å². The third-order valence-electron chi connectivity index (χ3n) is 6.19. The summed E-state index contributed by atoms with van der Waals surface area (Å²) in [6, 6.07) is 0. The van der Waals surface area contributed by atoms with Crippen molar-refractivity contribution in [3.05, 3.63) is 0 Å². The Kier molecular flexibility index (Phi) is 22.9. The van der Waals surface area contributed by atoms with Crippen LogP contribution in [0.15, 0.2) is 0 Å². The van der Waals surface area contributed by atoms with Gasteiger partial charge in [-0.05, 0) is 19.5 Å². The van der Waals surface area contributed by atoms with E-state index in [0.717, 1.165) is 6.61 Å². The van der Waals surface area contributed by atoms with Gasteiger partial charge >= 0.3 is 8.56 Å². The summed E-state index contributed by atoms with van der Waals surface area (Å²) in [6.07, 6.45) is 30.1. The van der Waals surface area contributed by atoms with E-state index in [-0.39, 0.29) is 0 Å². The highest BCUT2D eigenvalue weighted by Gasteiger charge is 2.21. The summed E-state index contributed by atoms with van der Waals surface area (Å²) in [5.41, 5.74) is 0. The average molecular weight is 429 g/mol. The maximum absolute atomic E-state index is 5.84. The lowest BCUT2D eigenvalue weighted by molar-refractivity contribution is 0.206. The van der Waals surface area contributed by atoms with Gasteiger partial charge in [-0.1, -0.05) is 135 Å². The predicted molar refractivity (Wildman–Crippen MR) is 133 cm³/mol. The van der Waals surface area contributed by atoms with Gasteiger partial charge in [0.15, 0.2) is 0 Å². The summed E-state index contributed by atoms with van der Waals surface area (Å²) >= 11 is 0. The van der Waals surface area contributed by atoms with Crippen LogP contribution in [-0.2, 0) is 8.85 Å². The molecule has 0 fully saturated rings. The molecule has 0 rings (SSSR count). The van der Waals surface area contributed by atoms with Crippen LogP contribution in [0.1, 0.15) is 142 Å². The Morgan fingerprint density at radius 1 is 0.448 bits per heavy atom. The fraction of sp³-hybridized carbons (Fsp3) is 1.00. The Balaban J connectivity index is 3.05. The highest BCUT2D eigenvalue weighted by atomic mass is 28.4. The molecule has 0 saturated carbocycles. The van der Waals surface area contributed by atoms with E-state index in [0.29, 0.717) is 0 Å². The minimum absolute atomic E-state index is 0.881. The molecule has 0 aliphatic rings. The number of unbranched alkanes of at least 4 members (excludes halogenated alkanes) is 20. The second kappa shape index (κ2) is 22.8. The molecule has 2 nitrogen and oxygen atoms in total. The minimum atomic E-state index is -1.79. The summed E-state index contributed by atoms with van der Waals surface area (Å²) < 4.78 is 11.2. The fourth-order valence-electron chi connectivity index (χ4n) is 3.91. The first kappa shape index (κ1) is 29.1. The maximum atomic E-state index is 5.84. The van der Waals surface area contributed by atoms with E-state index in [4.69, 9.17) is 8.85 Å². The fourth-order valence-corrected chi connectivity index (χ4v) is 4.66. The van der Waals surface area contributed by atoms with Crippen molar-refractivity contribution in [1.82, 2.24) is 0 Å². The average Bonchev–Trinajstić information content (AvgIpc) is 2.71. The zero-order valence-electron chi connectivity index (χ0n) is 20.9. The lowest BCUT2D eigenvalue weighted by atomic mass is 10.0. The first-order valence-corrected chi connectivity index (χ1v) is 16.1. The van der Waals surface area contributed by atoms with E-state index < -0.39 is 8.56 Å². The normalized spacial score (nSPS) is 12.0. The maximum Gasteiger partial charge on any atom is 0.331 e. The van der Waals surface area contributed by atoms with Gasteiger partial charge in [-0.3, -0.25) is 0 Å². The molecular formula is C26H56O2Si. The van der Waals surface area contributed by atoms with Crippen molar-refractivity contribution in [2.75, 3.05) is 13.7 Å². The Hall–Kier alpha value is 0.137. The van der Waals surface area contributed by atoms with Crippen molar-refractivity contribution in [2.24, 2.45) is 0 Å². The molecule has 0 aromatic heterocycles. The van der Waals surface area contributed by atoms with Crippen LogP contribution >= 0.6 is 0 Å². The van der Waals surface area contributed by atoms with Crippen LogP contribution in [0.5, 0.6) is 0 Å². The largest absolute Gasteiger partial charge is 0.398 e. The Labute approximate surface area is 186 Å². The summed E-state index contributed by atoms with van der Waals surface area (Å²) in [7, 11) is -0.0254. The van der Waals surface area contributed by atoms with Gasteiger partial charge in [0.25, 0.3) is 0 Å². The van der Waals surface area contributed by atoms with Crippen LogP contribution < -0.4 is 0 Å². The monoisotopic (exact) mass is 428 g/mol. The highest BCUT2D eigenvalue weighted by Crippen LogP contribution is 2.15. The lowest BCUT2D eigenvalue weighted by Crippen LogP contribution is -2.33. The van der Waals surface area contributed by atoms with Crippen molar-refractivity contribution in [1.29, 1.82) is 0 Å². The molecule has 3 heteroatoms. The van der Waals surface area contributed by atoms with Crippen LogP contribution in [0.25, 0.3) is 0 Å². The summed E-state index contributed by atoms with van der Waals surface area (Å²) in [4.78, 5) is 0. The molecule has 0 bridgehead atoms. The summed E-state index contributed by atoms with van der Waals surface area (Å²) in [5.74, 6) is 0. The minimum Gasteiger partial charge on any atom is -0.398 e. The molecule has 0 spiro atoms. The number of hydrogen-bond donors (Lipinski definition) is 0. The lowest BCUT2D eigenvalue weighted by Gasteiger charge is -2.19. The van der Waals surface area contributed by atoms with Gasteiger partial charge in [0.05, 0.1) is 0 Å². The standard InChI is InChI=1S/C26H56O2Si/c1-5-6-7-8-9-10-11-12-13-14-15-16-17-18-19-20-21-22-23-24-25-26-28-29(3,4)27-2/h5-26H2,1-4H3. The predicted octanol–water partition coefficient (Wildman–Crippen LogP) is 9.56. The van der Waals surface area contributed by atoms with Crippen LogP contribution in [0, 0.1) is 0 Å². The van der Waals surface area contributed by atoms with Crippen molar-refractivity contribution >= 4 is 8.56 Å². The zero-order chi connectivity index (χ0) is 21.5. The van der Waals surface area contributed by atoms with Gasteiger partial charge in [-0.25, -0.2) is 0 Å². The smallest absolute Gasteiger partial charge is 0.331 e.